The molecule has 0 N–H and O–H groups in total. The third kappa shape index (κ3) is 2.44. The van der Waals surface area contributed by atoms with Crippen molar-refractivity contribution in [1.82, 2.24) is 9.97 Å². The molecule has 20 heavy (non-hydrogen) atoms. The number of hydrogen-bond acceptors (Lipinski definition) is 5. The molecular weight excluding hydrogens is 280 g/mol. The van der Waals surface area contributed by atoms with Crippen molar-refractivity contribution in [2.75, 3.05) is 14.2 Å². The molecule has 1 heterocycles. The number of methoxy groups -OCH3 is 2. The van der Waals surface area contributed by atoms with Crippen LogP contribution in [-0.4, -0.2) is 30.5 Å². The number of nitrogens with zero attached hydrogens (tertiary/aromatic N) is 2. The Morgan fingerprint density at radius 1 is 1.20 bits per heavy atom. The highest BCUT2D eigenvalue weighted by Crippen LogP contribution is 2.38. The molecule has 6 heteroatoms. The topological polar surface area (TPSA) is 61.3 Å². The first kappa shape index (κ1) is 14.3. The van der Waals surface area contributed by atoms with Gasteiger partial charge in [0.2, 0.25) is 0 Å². The van der Waals surface area contributed by atoms with Crippen molar-refractivity contribution >= 4 is 17.9 Å². The number of aldehydes is 1. The van der Waals surface area contributed by atoms with Crippen LogP contribution in [0.1, 0.15) is 16.2 Å². The number of ether oxygens (including phenoxy) is 2. The van der Waals surface area contributed by atoms with Gasteiger partial charge in [0.05, 0.1) is 25.5 Å². The highest BCUT2D eigenvalue weighted by Gasteiger charge is 2.18. The number of hydrogen-bond donors (Lipinski definition) is 0. The summed E-state index contributed by atoms with van der Waals surface area (Å²) in [5.41, 5.74) is 1.28. The molecule has 2 rings (SSSR count). The van der Waals surface area contributed by atoms with E-state index in [1.165, 1.54) is 7.11 Å². The number of rotatable bonds is 4. The van der Waals surface area contributed by atoms with E-state index in [-0.39, 0.29) is 10.7 Å². The van der Waals surface area contributed by atoms with Gasteiger partial charge in [-0.1, -0.05) is 17.7 Å². The Kier molecular flexibility index (Phi) is 4.20. The van der Waals surface area contributed by atoms with Gasteiger partial charge in [0.25, 0.3) is 0 Å². The zero-order valence-electron chi connectivity index (χ0n) is 11.3. The van der Waals surface area contributed by atoms with Crippen LogP contribution in [0, 0.1) is 6.92 Å². The smallest absolute Gasteiger partial charge is 0.170 e. The molecule has 0 aliphatic rings. The van der Waals surface area contributed by atoms with Crippen LogP contribution < -0.4 is 9.47 Å². The fourth-order valence-electron chi connectivity index (χ4n) is 1.93. The first-order valence-electron chi connectivity index (χ1n) is 5.83. The van der Waals surface area contributed by atoms with Gasteiger partial charge in [-0.3, -0.25) is 4.79 Å². The van der Waals surface area contributed by atoms with Gasteiger partial charge in [0.1, 0.15) is 11.0 Å². The Balaban J connectivity index is 2.77. The van der Waals surface area contributed by atoms with E-state index in [9.17, 15) is 4.79 Å². The summed E-state index contributed by atoms with van der Waals surface area (Å²) >= 11 is 6.00. The largest absolute Gasteiger partial charge is 0.493 e. The molecule has 5 nitrogen and oxygen atoms in total. The van der Waals surface area contributed by atoms with Crippen LogP contribution in [0.3, 0.4) is 0 Å². The highest BCUT2D eigenvalue weighted by atomic mass is 35.5. The van der Waals surface area contributed by atoms with E-state index in [1.54, 1.807) is 32.2 Å². The maximum absolute atomic E-state index is 11.3. The van der Waals surface area contributed by atoms with Crippen molar-refractivity contribution in [3.05, 3.63) is 34.7 Å². The summed E-state index contributed by atoms with van der Waals surface area (Å²) in [6.07, 6.45) is 0.635. The van der Waals surface area contributed by atoms with Gasteiger partial charge in [0.15, 0.2) is 17.8 Å². The summed E-state index contributed by atoms with van der Waals surface area (Å²) in [6, 6.07) is 5.33. The molecule has 0 bridgehead atoms. The minimum absolute atomic E-state index is 0.118. The summed E-state index contributed by atoms with van der Waals surface area (Å²) in [6.45, 7) is 1.70. The zero-order valence-corrected chi connectivity index (χ0v) is 12.1. The van der Waals surface area contributed by atoms with Gasteiger partial charge >= 0.3 is 0 Å². The Labute approximate surface area is 121 Å². The average Bonchev–Trinajstić information content (AvgIpc) is 2.45. The van der Waals surface area contributed by atoms with Gasteiger partial charge in [-0.15, -0.1) is 0 Å². The lowest BCUT2D eigenvalue weighted by Gasteiger charge is -2.13. The van der Waals surface area contributed by atoms with E-state index in [2.05, 4.69) is 9.97 Å². The second-order valence-corrected chi connectivity index (χ2v) is 4.34. The maximum Gasteiger partial charge on any atom is 0.170 e. The summed E-state index contributed by atoms with van der Waals surface area (Å²) < 4.78 is 10.6. The van der Waals surface area contributed by atoms with E-state index >= 15 is 0 Å². The SMILES string of the molecule is COc1cccc(-c2nc(C)nc(Cl)c2C=O)c1OC. The van der Waals surface area contributed by atoms with Gasteiger partial charge in [-0.25, -0.2) is 9.97 Å². The van der Waals surface area contributed by atoms with Gasteiger partial charge in [-0.05, 0) is 19.1 Å². The number of carbonyl (C=O) groups excluding carboxylic acids is 1. The molecule has 1 aromatic carbocycles. The molecule has 0 spiro atoms. The lowest BCUT2D eigenvalue weighted by Crippen LogP contribution is -2.01. The van der Waals surface area contributed by atoms with Crippen molar-refractivity contribution in [3.63, 3.8) is 0 Å². The molecule has 0 amide bonds. The molecule has 0 unspecified atom stereocenters. The molecule has 104 valence electrons. The van der Waals surface area contributed by atoms with E-state index in [0.717, 1.165) is 0 Å². The molecular formula is C14H13ClN2O3. The lowest BCUT2D eigenvalue weighted by atomic mass is 10.1. The summed E-state index contributed by atoms with van der Waals surface area (Å²) in [5, 5.41) is 0.118. The molecule has 0 fully saturated rings. The van der Waals surface area contributed by atoms with Crippen LogP contribution in [0.4, 0.5) is 0 Å². The van der Waals surface area contributed by atoms with Crippen LogP contribution in [0.2, 0.25) is 5.15 Å². The highest BCUT2D eigenvalue weighted by molar-refractivity contribution is 6.32. The number of aromatic nitrogens is 2. The van der Waals surface area contributed by atoms with E-state index in [4.69, 9.17) is 21.1 Å². The first-order chi connectivity index (χ1) is 9.62. The number of aryl methyl sites for hydroxylation is 1. The Morgan fingerprint density at radius 3 is 2.55 bits per heavy atom. The third-order valence-electron chi connectivity index (χ3n) is 2.79. The van der Waals surface area contributed by atoms with Gasteiger partial charge in [-0.2, -0.15) is 0 Å². The quantitative estimate of drug-likeness (QED) is 0.640. The van der Waals surface area contributed by atoms with Crippen LogP contribution in [-0.2, 0) is 0 Å². The van der Waals surface area contributed by atoms with E-state index in [0.29, 0.717) is 34.9 Å². The minimum Gasteiger partial charge on any atom is -0.493 e. The first-order valence-corrected chi connectivity index (χ1v) is 6.20. The molecule has 0 aliphatic carbocycles. The summed E-state index contributed by atoms with van der Waals surface area (Å²) in [5.74, 6) is 1.52. The van der Waals surface area contributed by atoms with Crippen LogP contribution >= 0.6 is 11.6 Å². The van der Waals surface area contributed by atoms with E-state index in [1.807, 2.05) is 0 Å². The van der Waals surface area contributed by atoms with Crippen molar-refractivity contribution < 1.29 is 14.3 Å². The molecule has 0 saturated carbocycles. The van der Waals surface area contributed by atoms with Gasteiger partial charge < -0.3 is 9.47 Å². The van der Waals surface area contributed by atoms with Gasteiger partial charge in [0, 0.05) is 5.56 Å². The van der Waals surface area contributed by atoms with Crippen LogP contribution in [0.25, 0.3) is 11.3 Å². The van der Waals surface area contributed by atoms with Crippen molar-refractivity contribution in [1.29, 1.82) is 0 Å². The standard InChI is InChI=1S/C14H13ClN2O3/c1-8-16-12(10(7-18)14(15)17-8)9-5-4-6-11(19-2)13(9)20-3/h4-7H,1-3H3. The fraction of sp³-hybridized carbons (Fsp3) is 0.214. The van der Waals surface area contributed by atoms with Crippen LogP contribution in [0.5, 0.6) is 11.5 Å². The number of halogens is 1. The Morgan fingerprint density at radius 2 is 1.95 bits per heavy atom. The van der Waals surface area contributed by atoms with E-state index < -0.39 is 0 Å². The normalized spacial score (nSPS) is 10.2. The van der Waals surface area contributed by atoms with Crippen molar-refractivity contribution in [3.8, 4) is 22.8 Å². The maximum atomic E-state index is 11.3. The molecule has 1 aromatic heterocycles. The fourth-order valence-corrected chi connectivity index (χ4v) is 2.19. The molecule has 2 aromatic rings. The predicted octanol–water partition coefficient (Wildman–Crippen LogP) is 2.94. The third-order valence-corrected chi connectivity index (χ3v) is 3.07. The zero-order chi connectivity index (χ0) is 14.7. The number of benzene rings is 1. The molecule has 0 radical (unpaired) electrons. The summed E-state index contributed by atoms with van der Waals surface area (Å²) in [4.78, 5) is 19.5. The second kappa shape index (κ2) is 5.88. The Hall–Kier alpha value is -2.14. The number of carbonyl (C=O) groups is 1. The Bertz CT molecular complexity index is 659. The predicted molar refractivity (Wildman–Crippen MR) is 75.7 cm³/mol. The average molecular weight is 293 g/mol. The molecule has 0 aliphatic heterocycles. The van der Waals surface area contributed by atoms with Crippen molar-refractivity contribution in [2.24, 2.45) is 0 Å². The minimum atomic E-state index is 0.118. The van der Waals surface area contributed by atoms with Crippen LogP contribution in [0.15, 0.2) is 18.2 Å². The monoisotopic (exact) mass is 292 g/mol. The second-order valence-electron chi connectivity index (χ2n) is 3.98. The number of para-hydroxylation sites is 1. The summed E-state index contributed by atoms with van der Waals surface area (Å²) in [7, 11) is 3.07. The van der Waals surface area contributed by atoms with Crippen molar-refractivity contribution in [2.45, 2.75) is 6.92 Å². The molecule has 0 saturated heterocycles. The lowest BCUT2D eigenvalue weighted by molar-refractivity contribution is 0.112. The molecule has 0 atom stereocenters.